The lowest BCUT2D eigenvalue weighted by Gasteiger charge is -1.89. The maximum atomic E-state index is 10.4. The van der Waals surface area contributed by atoms with Crippen LogP contribution in [0.15, 0.2) is 12.7 Å². The van der Waals surface area contributed by atoms with Gasteiger partial charge in [0.05, 0.1) is 0 Å². The van der Waals surface area contributed by atoms with E-state index in [1.165, 1.54) is 17.3 Å². The molecule has 0 unspecified atom stereocenters. The zero-order valence-electron chi connectivity index (χ0n) is 4.49. The normalized spacial score (nSPS) is 9.44. The highest BCUT2D eigenvalue weighted by atomic mass is 127. The summed E-state index contributed by atoms with van der Waals surface area (Å²) in [5, 5.41) is 3.74. The van der Waals surface area contributed by atoms with Crippen molar-refractivity contribution in [3.8, 4) is 0 Å². The molecule has 0 radical (unpaired) electrons. The molecule has 0 spiro atoms. The highest BCUT2D eigenvalue weighted by Gasteiger charge is 1.95. The van der Waals surface area contributed by atoms with E-state index in [4.69, 9.17) is 0 Å². The molecule has 0 saturated heterocycles. The van der Waals surface area contributed by atoms with Crippen LogP contribution in [0.25, 0.3) is 0 Å². The molecule has 0 fully saturated rings. The van der Waals surface area contributed by atoms with Gasteiger partial charge in [-0.05, 0) is 0 Å². The number of hydrogen-bond donors (Lipinski definition) is 0. The van der Waals surface area contributed by atoms with Crippen LogP contribution in [0, 0.1) is 0 Å². The molecule has 0 atom stereocenters. The molecule has 48 valence electrons. The van der Waals surface area contributed by atoms with Gasteiger partial charge in [-0.3, -0.25) is 4.79 Å². The molecular formula is C4H4IN3O. The molecule has 0 aromatic carbocycles. The van der Waals surface area contributed by atoms with Crippen LogP contribution in [0.4, 0.5) is 0 Å². The van der Waals surface area contributed by atoms with Crippen molar-refractivity contribution in [2.75, 3.05) is 0 Å². The smallest absolute Gasteiger partial charge is 0.213 e. The van der Waals surface area contributed by atoms with Crippen molar-refractivity contribution in [2.45, 2.75) is 6.54 Å². The maximum Gasteiger partial charge on any atom is 0.213 e. The largest absolute Gasteiger partial charge is 0.286 e. The lowest BCUT2D eigenvalue weighted by molar-refractivity contribution is -0.110. The predicted octanol–water partition coefficient (Wildman–Crippen LogP) is 0.240. The molecule has 0 saturated carbocycles. The third kappa shape index (κ3) is 2.08. The monoisotopic (exact) mass is 237 g/mol. The van der Waals surface area contributed by atoms with Crippen LogP contribution in [0.1, 0.15) is 0 Å². The number of carbonyl (C=O) groups excluding carboxylic acids is 1. The SMILES string of the molecule is O=C(I)Cn1cncn1. The van der Waals surface area contributed by atoms with Gasteiger partial charge >= 0.3 is 0 Å². The van der Waals surface area contributed by atoms with Crippen LogP contribution in [0.5, 0.6) is 0 Å². The molecule has 1 aromatic heterocycles. The first-order valence-corrected chi connectivity index (χ1v) is 3.37. The number of aromatic nitrogens is 3. The van der Waals surface area contributed by atoms with Crippen molar-refractivity contribution in [1.29, 1.82) is 0 Å². The number of nitrogens with zero attached hydrogens (tertiary/aromatic N) is 3. The summed E-state index contributed by atoms with van der Waals surface area (Å²) in [4.78, 5) is 14.1. The summed E-state index contributed by atoms with van der Waals surface area (Å²) < 4.78 is 1.53. The van der Waals surface area contributed by atoms with E-state index in [9.17, 15) is 4.79 Å². The number of halogens is 1. The van der Waals surface area contributed by atoms with E-state index in [1.54, 1.807) is 22.6 Å². The lowest BCUT2D eigenvalue weighted by atomic mass is 10.7. The first kappa shape index (κ1) is 6.66. The standard InChI is InChI=1S/C4H4IN3O/c5-4(9)1-8-3-6-2-7-8/h2-3H,1H2. The van der Waals surface area contributed by atoms with Gasteiger partial charge in [0.1, 0.15) is 19.2 Å². The molecular weight excluding hydrogens is 233 g/mol. The molecule has 1 rings (SSSR count). The summed E-state index contributed by atoms with van der Waals surface area (Å²) in [7, 11) is 0. The van der Waals surface area contributed by atoms with Crippen LogP contribution in [-0.4, -0.2) is 18.6 Å². The van der Waals surface area contributed by atoms with Gasteiger partial charge in [0, 0.05) is 22.6 Å². The minimum atomic E-state index is 0.0538. The van der Waals surface area contributed by atoms with Crippen molar-refractivity contribution in [3.05, 3.63) is 12.7 Å². The van der Waals surface area contributed by atoms with Gasteiger partial charge in [0.25, 0.3) is 0 Å². The Hall–Kier alpha value is -0.460. The number of hydrogen-bond acceptors (Lipinski definition) is 3. The average Bonchev–Trinajstić information content (AvgIpc) is 2.15. The fourth-order valence-electron chi connectivity index (χ4n) is 0.442. The van der Waals surface area contributed by atoms with E-state index in [2.05, 4.69) is 10.1 Å². The number of carbonyl (C=O) groups is 1. The first-order valence-electron chi connectivity index (χ1n) is 2.30. The van der Waals surface area contributed by atoms with Crippen molar-refractivity contribution >= 4 is 26.4 Å². The summed E-state index contributed by atoms with van der Waals surface area (Å²) in [5.74, 6) is 0. The molecule has 0 aliphatic carbocycles. The summed E-state index contributed by atoms with van der Waals surface area (Å²) >= 11 is 1.72. The van der Waals surface area contributed by atoms with Crippen molar-refractivity contribution in [1.82, 2.24) is 14.8 Å². The molecule has 0 N–H and O–H groups in total. The zero-order valence-corrected chi connectivity index (χ0v) is 6.65. The third-order valence-corrected chi connectivity index (χ3v) is 1.09. The van der Waals surface area contributed by atoms with Crippen LogP contribution >= 0.6 is 22.6 Å². The summed E-state index contributed by atoms with van der Waals surface area (Å²) in [6.45, 7) is 0.306. The van der Waals surface area contributed by atoms with Gasteiger partial charge in [0.2, 0.25) is 3.79 Å². The van der Waals surface area contributed by atoms with Gasteiger partial charge in [-0.25, -0.2) is 9.67 Å². The van der Waals surface area contributed by atoms with Crippen molar-refractivity contribution in [2.24, 2.45) is 0 Å². The van der Waals surface area contributed by atoms with Crippen LogP contribution < -0.4 is 0 Å². The molecule has 9 heavy (non-hydrogen) atoms. The Labute approximate surface area is 65.4 Å². The summed E-state index contributed by atoms with van der Waals surface area (Å²) in [6, 6.07) is 0. The molecule has 0 bridgehead atoms. The number of rotatable bonds is 2. The van der Waals surface area contributed by atoms with Crippen LogP contribution in [0.3, 0.4) is 0 Å². The Bertz CT molecular complexity index is 196. The van der Waals surface area contributed by atoms with E-state index in [-0.39, 0.29) is 3.79 Å². The topological polar surface area (TPSA) is 47.8 Å². The minimum Gasteiger partial charge on any atom is -0.286 e. The van der Waals surface area contributed by atoms with E-state index in [1.807, 2.05) is 0 Å². The van der Waals surface area contributed by atoms with Gasteiger partial charge in [-0.1, -0.05) is 0 Å². The van der Waals surface area contributed by atoms with Crippen molar-refractivity contribution < 1.29 is 4.79 Å². The Morgan fingerprint density at radius 3 is 3.00 bits per heavy atom. The highest BCUT2D eigenvalue weighted by molar-refractivity contribution is 14.1. The second-order valence-electron chi connectivity index (χ2n) is 1.45. The fourth-order valence-corrected chi connectivity index (χ4v) is 0.791. The van der Waals surface area contributed by atoms with Crippen molar-refractivity contribution in [3.63, 3.8) is 0 Å². The first-order chi connectivity index (χ1) is 4.29. The molecule has 0 aliphatic rings. The quantitative estimate of drug-likeness (QED) is 0.546. The Kier molecular flexibility index (Phi) is 2.15. The highest BCUT2D eigenvalue weighted by Crippen LogP contribution is 1.88. The zero-order chi connectivity index (χ0) is 6.69. The summed E-state index contributed by atoms with van der Waals surface area (Å²) in [6.07, 6.45) is 2.91. The van der Waals surface area contributed by atoms with Gasteiger partial charge in [-0.2, -0.15) is 5.10 Å². The molecule has 5 heteroatoms. The van der Waals surface area contributed by atoms with Gasteiger partial charge < -0.3 is 0 Å². The maximum absolute atomic E-state index is 10.4. The van der Waals surface area contributed by atoms with E-state index >= 15 is 0 Å². The van der Waals surface area contributed by atoms with Crippen LogP contribution in [0.2, 0.25) is 0 Å². The predicted molar refractivity (Wildman–Crippen MR) is 39.0 cm³/mol. The third-order valence-electron chi connectivity index (χ3n) is 0.753. The second kappa shape index (κ2) is 2.90. The van der Waals surface area contributed by atoms with E-state index in [0.717, 1.165) is 0 Å². The second-order valence-corrected chi connectivity index (χ2v) is 2.65. The molecule has 1 heterocycles. The fraction of sp³-hybridized carbons (Fsp3) is 0.250. The van der Waals surface area contributed by atoms with Crippen LogP contribution in [-0.2, 0) is 11.3 Å². The molecule has 1 aromatic rings. The molecule has 0 aliphatic heterocycles. The molecule has 4 nitrogen and oxygen atoms in total. The average molecular weight is 237 g/mol. The lowest BCUT2D eigenvalue weighted by Crippen LogP contribution is -2.03. The van der Waals surface area contributed by atoms with Gasteiger partial charge in [-0.15, -0.1) is 0 Å². The Balaban J connectivity index is 2.58. The van der Waals surface area contributed by atoms with E-state index < -0.39 is 0 Å². The Morgan fingerprint density at radius 2 is 2.56 bits per heavy atom. The minimum absolute atomic E-state index is 0.0538. The van der Waals surface area contributed by atoms with E-state index in [0.29, 0.717) is 6.54 Å². The molecule has 0 amide bonds. The summed E-state index contributed by atoms with van der Waals surface area (Å²) in [5.41, 5.74) is 0. The Morgan fingerprint density at radius 1 is 1.78 bits per heavy atom. The van der Waals surface area contributed by atoms with Gasteiger partial charge in [0.15, 0.2) is 0 Å².